The first-order chi connectivity index (χ1) is 8.00. The summed E-state index contributed by atoms with van der Waals surface area (Å²) in [6.07, 6.45) is 3.80. The van der Waals surface area contributed by atoms with E-state index in [0.717, 1.165) is 24.7 Å². The molecule has 96 valence electrons. The normalized spacial score (nSPS) is 18.4. The fourth-order valence-corrected chi connectivity index (χ4v) is 2.88. The standard InChI is InChI=1S/C13H23N3S/c1-5-14-10(9-6-7-9)8-11-15-12(16-17-11)13(2,3)4/h9-10,14H,5-8H2,1-4H3. The minimum atomic E-state index is 0.0714. The number of nitrogens with zero attached hydrogens (tertiary/aromatic N) is 2. The van der Waals surface area contributed by atoms with Gasteiger partial charge in [0.25, 0.3) is 0 Å². The van der Waals surface area contributed by atoms with Gasteiger partial charge in [0.1, 0.15) is 10.8 Å². The van der Waals surface area contributed by atoms with Crippen LogP contribution in [0.2, 0.25) is 0 Å². The molecule has 17 heavy (non-hydrogen) atoms. The molecular formula is C13H23N3S. The van der Waals surface area contributed by atoms with Crippen LogP contribution >= 0.6 is 11.5 Å². The maximum Gasteiger partial charge on any atom is 0.147 e. The van der Waals surface area contributed by atoms with Crippen LogP contribution in [0.5, 0.6) is 0 Å². The van der Waals surface area contributed by atoms with Crippen LogP contribution < -0.4 is 5.32 Å². The van der Waals surface area contributed by atoms with Crippen molar-refractivity contribution in [1.29, 1.82) is 0 Å². The van der Waals surface area contributed by atoms with Crippen molar-refractivity contribution in [2.45, 2.75) is 58.4 Å². The van der Waals surface area contributed by atoms with Gasteiger partial charge in [-0.15, -0.1) is 0 Å². The van der Waals surface area contributed by atoms with Crippen molar-refractivity contribution < 1.29 is 0 Å². The van der Waals surface area contributed by atoms with Crippen molar-refractivity contribution in [3.8, 4) is 0 Å². The first-order valence-corrected chi connectivity index (χ1v) is 7.34. The molecule has 0 aliphatic heterocycles. The van der Waals surface area contributed by atoms with E-state index in [9.17, 15) is 0 Å². The molecule has 1 unspecified atom stereocenters. The number of hydrogen-bond acceptors (Lipinski definition) is 4. The molecular weight excluding hydrogens is 230 g/mol. The molecule has 1 N–H and O–H groups in total. The van der Waals surface area contributed by atoms with Crippen molar-refractivity contribution in [1.82, 2.24) is 14.7 Å². The van der Waals surface area contributed by atoms with Crippen molar-refractivity contribution >= 4 is 11.5 Å². The van der Waals surface area contributed by atoms with Gasteiger partial charge >= 0.3 is 0 Å². The lowest BCUT2D eigenvalue weighted by atomic mass is 9.96. The Hall–Kier alpha value is -0.480. The molecule has 1 fully saturated rings. The Morgan fingerprint density at radius 3 is 2.59 bits per heavy atom. The molecule has 0 bridgehead atoms. The van der Waals surface area contributed by atoms with E-state index in [2.05, 4.69) is 42.4 Å². The van der Waals surface area contributed by atoms with Crippen LogP contribution in [0.3, 0.4) is 0 Å². The molecule has 0 saturated heterocycles. The zero-order valence-electron chi connectivity index (χ0n) is 11.3. The maximum atomic E-state index is 4.68. The zero-order valence-corrected chi connectivity index (χ0v) is 12.1. The third-order valence-electron chi connectivity index (χ3n) is 3.19. The molecule has 4 heteroatoms. The smallest absolute Gasteiger partial charge is 0.147 e. The number of hydrogen-bond donors (Lipinski definition) is 1. The Labute approximate surface area is 108 Å². The Balaban J connectivity index is 1.99. The van der Waals surface area contributed by atoms with Gasteiger partial charge in [-0.2, -0.15) is 4.37 Å². The average Bonchev–Trinajstić information content (AvgIpc) is 2.96. The van der Waals surface area contributed by atoms with Crippen molar-refractivity contribution in [3.05, 3.63) is 10.8 Å². The molecule has 1 aromatic heterocycles. The van der Waals surface area contributed by atoms with E-state index < -0.39 is 0 Å². The second-order valence-electron chi connectivity index (χ2n) is 5.97. The fraction of sp³-hybridized carbons (Fsp3) is 0.846. The van der Waals surface area contributed by atoms with Gasteiger partial charge < -0.3 is 5.32 Å². The first kappa shape index (κ1) is 13.0. The summed E-state index contributed by atoms with van der Waals surface area (Å²) in [5.41, 5.74) is 0.0714. The van der Waals surface area contributed by atoms with Gasteiger partial charge in [-0.25, -0.2) is 4.98 Å². The molecule has 1 heterocycles. The summed E-state index contributed by atoms with van der Waals surface area (Å²) >= 11 is 1.57. The Kier molecular flexibility index (Phi) is 3.83. The fourth-order valence-electron chi connectivity index (χ4n) is 2.00. The Bertz CT molecular complexity index is 363. The molecule has 0 spiro atoms. The van der Waals surface area contributed by atoms with Crippen LogP contribution in [0.25, 0.3) is 0 Å². The van der Waals surface area contributed by atoms with Crippen LogP contribution in [-0.2, 0) is 11.8 Å². The van der Waals surface area contributed by atoms with Gasteiger partial charge in [0.05, 0.1) is 0 Å². The van der Waals surface area contributed by atoms with Crippen molar-refractivity contribution in [3.63, 3.8) is 0 Å². The number of nitrogens with one attached hydrogen (secondary N) is 1. The van der Waals surface area contributed by atoms with Gasteiger partial charge in [0, 0.05) is 17.9 Å². The lowest BCUT2D eigenvalue weighted by Gasteiger charge is -2.15. The van der Waals surface area contributed by atoms with Gasteiger partial charge in [0.2, 0.25) is 0 Å². The van der Waals surface area contributed by atoms with Gasteiger partial charge in [0.15, 0.2) is 0 Å². The predicted octanol–water partition coefficient (Wildman–Crippen LogP) is 2.77. The highest BCUT2D eigenvalue weighted by Gasteiger charge is 2.31. The van der Waals surface area contributed by atoms with Crippen LogP contribution in [0.1, 0.15) is 51.4 Å². The van der Waals surface area contributed by atoms with Gasteiger partial charge in [-0.3, -0.25) is 0 Å². The quantitative estimate of drug-likeness (QED) is 0.877. The summed E-state index contributed by atoms with van der Waals surface area (Å²) in [6, 6.07) is 0.612. The van der Waals surface area contributed by atoms with Crippen LogP contribution in [0.4, 0.5) is 0 Å². The van der Waals surface area contributed by atoms with E-state index in [1.54, 1.807) is 11.5 Å². The summed E-state index contributed by atoms with van der Waals surface area (Å²) in [5, 5.41) is 4.77. The maximum absolute atomic E-state index is 4.68. The molecule has 3 nitrogen and oxygen atoms in total. The highest BCUT2D eigenvalue weighted by atomic mass is 32.1. The lowest BCUT2D eigenvalue weighted by Crippen LogP contribution is -2.32. The van der Waals surface area contributed by atoms with E-state index >= 15 is 0 Å². The summed E-state index contributed by atoms with van der Waals surface area (Å²) < 4.78 is 4.48. The van der Waals surface area contributed by atoms with E-state index in [1.165, 1.54) is 17.8 Å². The van der Waals surface area contributed by atoms with Crippen LogP contribution in [-0.4, -0.2) is 21.9 Å². The van der Waals surface area contributed by atoms with Crippen molar-refractivity contribution in [2.24, 2.45) is 5.92 Å². The van der Waals surface area contributed by atoms with E-state index in [1.807, 2.05) is 0 Å². The molecule has 0 radical (unpaired) electrons. The van der Waals surface area contributed by atoms with Crippen molar-refractivity contribution in [2.75, 3.05) is 6.54 Å². The largest absolute Gasteiger partial charge is 0.314 e. The summed E-state index contributed by atoms with van der Waals surface area (Å²) in [7, 11) is 0. The van der Waals surface area contributed by atoms with Crippen LogP contribution in [0.15, 0.2) is 0 Å². The second kappa shape index (κ2) is 5.02. The number of aromatic nitrogens is 2. The third-order valence-corrected chi connectivity index (χ3v) is 3.92. The second-order valence-corrected chi connectivity index (χ2v) is 6.80. The molecule has 1 aliphatic carbocycles. The molecule has 1 atom stereocenters. The van der Waals surface area contributed by atoms with E-state index in [-0.39, 0.29) is 5.41 Å². The minimum Gasteiger partial charge on any atom is -0.314 e. The van der Waals surface area contributed by atoms with Gasteiger partial charge in [-0.1, -0.05) is 27.7 Å². The summed E-state index contributed by atoms with van der Waals surface area (Å²) in [6.45, 7) is 9.73. The average molecular weight is 253 g/mol. The molecule has 1 aromatic rings. The first-order valence-electron chi connectivity index (χ1n) is 6.57. The molecule has 1 aliphatic rings. The summed E-state index contributed by atoms with van der Waals surface area (Å²) in [5.74, 6) is 1.86. The third kappa shape index (κ3) is 3.49. The highest BCUT2D eigenvalue weighted by Crippen LogP contribution is 2.34. The molecule has 0 aromatic carbocycles. The monoisotopic (exact) mass is 253 g/mol. The Morgan fingerprint density at radius 2 is 2.12 bits per heavy atom. The van der Waals surface area contributed by atoms with E-state index in [0.29, 0.717) is 6.04 Å². The molecule has 0 amide bonds. The molecule has 2 rings (SSSR count). The van der Waals surface area contributed by atoms with Gasteiger partial charge in [-0.05, 0) is 36.8 Å². The minimum absolute atomic E-state index is 0.0714. The predicted molar refractivity (Wildman–Crippen MR) is 72.5 cm³/mol. The number of rotatable bonds is 5. The zero-order chi connectivity index (χ0) is 12.5. The SMILES string of the molecule is CCNC(Cc1nc(C(C)(C)C)ns1)C1CC1. The highest BCUT2D eigenvalue weighted by molar-refractivity contribution is 7.05. The number of likely N-dealkylation sites (N-methyl/N-ethyl adjacent to an activating group) is 1. The lowest BCUT2D eigenvalue weighted by molar-refractivity contribution is 0.469. The van der Waals surface area contributed by atoms with Crippen LogP contribution in [0, 0.1) is 5.92 Å². The Morgan fingerprint density at radius 1 is 1.41 bits per heavy atom. The summed E-state index contributed by atoms with van der Waals surface area (Å²) in [4.78, 5) is 4.68. The molecule has 1 saturated carbocycles. The topological polar surface area (TPSA) is 37.8 Å². The van der Waals surface area contributed by atoms with E-state index in [4.69, 9.17) is 0 Å².